The normalized spacial score (nSPS) is 20.0. The van der Waals surface area contributed by atoms with Gasteiger partial charge in [0.1, 0.15) is 0 Å². The van der Waals surface area contributed by atoms with Gasteiger partial charge in [-0.05, 0) is 31.4 Å². The maximum absolute atomic E-state index is 12.0. The molecule has 0 aliphatic carbocycles. The minimum atomic E-state index is -0.464. The highest BCUT2D eigenvalue weighted by Gasteiger charge is 2.27. The summed E-state index contributed by atoms with van der Waals surface area (Å²) in [6, 6.07) is 4.04. The van der Waals surface area contributed by atoms with Crippen molar-refractivity contribution < 1.29 is 9.72 Å². The monoisotopic (exact) mass is 249 g/mol. The third-order valence-corrected chi connectivity index (χ3v) is 3.16. The summed E-state index contributed by atoms with van der Waals surface area (Å²) in [6.07, 6.45) is 1.55. The minimum Gasteiger partial charge on any atom is -0.320 e. The minimum absolute atomic E-state index is 0.0324. The van der Waals surface area contributed by atoms with Crippen molar-refractivity contribution in [2.75, 3.05) is 11.4 Å². The first-order valence-corrected chi connectivity index (χ1v) is 5.82. The number of hydrogen-bond acceptors (Lipinski definition) is 4. The molecule has 0 spiro atoms. The van der Waals surface area contributed by atoms with Crippen molar-refractivity contribution in [3.63, 3.8) is 0 Å². The number of nitro groups is 1. The summed E-state index contributed by atoms with van der Waals surface area (Å²) in [6.45, 7) is 2.38. The van der Waals surface area contributed by atoms with Crippen LogP contribution in [-0.4, -0.2) is 23.4 Å². The summed E-state index contributed by atoms with van der Waals surface area (Å²) in [7, 11) is 0. The lowest BCUT2D eigenvalue weighted by Crippen LogP contribution is -2.48. The number of anilines is 1. The number of rotatable bonds is 2. The molecular weight excluding hydrogens is 234 g/mol. The van der Waals surface area contributed by atoms with Gasteiger partial charge in [-0.25, -0.2) is 0 Å². The van der Waals surface area contributed by atoms with Crippen LogP contribution in [0.5, 0.6) is 0 Å². The van der Waals surface area contributed by atoms with Crippen LogP contribution in [0, 0.1) is 17.0 Å². The highest BCUT2D eigenvalue weighted by Crippen LogP contribution is 2.27. The molecule has 0 radical (unpaired) electrons. The number of carbonyl (C=O) groups is 1. The lowest BCUT2D eigenvalue weighted by Gasteiger charge is -2.31. The summed E-state index contributed by atoms with van der Waals surface area (Å²) >= 11 is 0. The fourth-order valence-corrected chi connectivity index (χ4v) is 2.20. The zero-order valence-electron chi connectivity index (χ0n) is 10.1. The van der Waals surface area contributed by atoms with E-state index in [2.05, 4.69) is 0 Å². The Balaban J connectivity index is 2.33. The first-order valence-electron chi connectivity index (χ1n) is 5.82. The number of piperidine rings is 1. The predicted octanol–water partition coefficient (Wildman–Crippen LogP) is 1.36. The molecular formula is C12H15N3O3. The van der Waals surface area contributed by atoms with Crippen LogP contribution >= 0.6 is 0 Å². The molecule has 0 bridgehead atoms. The second-order valence-corrected chi connectivity index (χ2v) is 4.47. The Kier molecular flexibility index (Phi) is 3.29. The maximum atomic E-state index is 12.0. The van der Waals surface area contributed by atoms with Gasteiger partial charge in [-0.2, -0.15) is 0 Å². The molecule has 1 aliphatic rings. The van der Waals surface area contributed by atoms with Crippen LogP contribution in [0.15, 0.2) is 18.2 Å². The highest BCUT2D eigenvalue weighted by molar-refractivity contribution is 5.98. The number of non-ortho nitro benzene ring substituents is 1. The average molecular weight is 249 g/mol. The van der Waals surface area contributed by atoms with E-state index >= 15 is 0 Å². The summed E-state index contributed by atoms with van der Waals surface area (Å²) in [5, 5.41) is 10.7. The zero-order chi connectivity index (χ0) is 13.3. The molecule has 1 fully saturated rings. The van der Waals surface area contributed by atoms with Gasteiger partial charge >= 0.3 is 0 Å². The van der Waals surface area contributed by atoms with E-state index in [-0.39, 0.29) is 11.6 Å². The second kappa shape index (κ2) is 4.73. The Bertz CT molecular complexity index is 501. The van der Waals surface area contributed by atoms with Crippen molar-refractivity contribution in [2.24, 2.45) is 5.73 Å². The number of nitro benzene ring substituents is 1. The van der Waals surface area contributed by atoms with Crippen molar-refractivity contribution >= 4 is 17.3 Å². The first kappa shape index (κ1) is 12.5. The average Bonchev–Trinajstić information content (AvgIpc) is 2.33. The standard InChI is InChI=1S/C12H15N3O3/c1-8-7-9(15(17)18)4-5-11(8)14-6-2-3-10(13)12(14)16/h4-5,7,10H,2-3,6,13H2,1H3. The molecule has 1 aliphatic heterocycles. The van der Waals surface area contributed by atoms with Crippen LogP contribution in [0.25, 0.3) is 0 Å². The Morgan fingerprint density at radius 2 is 2.22 bits per heavy atom. The smallest absolute Gasteiger partial charge is 0.269 e. The van der Waals surface area contributed by atoms with E-state index in [0.29, 0.717) is 24.2 Å². The van der Waals surface area contributed by atoms with Crippen molar-refractivity contribution in [2.45, 2.75) is 25.8 Å². The van der Waals surface area contributed by atoms with E-state index in [1.807, 2.05) is 0 Å². The topological polar surface area (TPSA) is 89.5 Å². The molecule has 6 nitrogen and oxygen atoms in total. The van der Waals surface area contributed by atoms with Gasteiger partial charge < -0.3 is 10.6 Å². The molecule has 1 amide bonds. The van der Waals surface area contributed by atoms with Gasteiger partial charge in [0, 0.05) is 24.4 Å². The van der Waals surface area contributed by atoms with Crippen molar-refractivity contribution in [1.82, 2.24) is 0 Å². The van der Waals surface area contributed by atoms with Gasteiger partial charge in [-0.1, -0.05) is 0 Å². The molecule has 96 valence electrons. The van der Waals surface area contributed by atoms with Crippen molar-refractivity contribution in [1.29, 1.82) is 0 Å². The van der Waals surface area contributed by atoms with E-state index in [4.69, 9.17) is 5.73 Å². The van der Waals surface area contributed by atoms with Gasteiger partial charge in [0.25, 0.3) is 5.69 Å². The lowest BCUT2D eigenvalue weighted by molar-refractivity contribution is -0.384. The third kappa shape index (κ3) is 2.19. The molecule has 0 aromatic heterocycles. The predicted molar refractivity (Wildman–Crippen MR) is 67.4 cm³/mol. The van der Waals surface area contributed by atoms with Crippen LogP contribution in [0.3, 0.4) is 0 Å². The summed E-state index contributed by atoms with van der Waals surface area (Å²) in [5.41, 5.74) is 7.19. The van der Waals surface area contributed by atoms with Crippen LogP contribution < -0.4 is 10.6 Å². The Labute approximate surface area is 105 Å². The number of hydrogen-bond donors (Lipinski definition) is 1. The molecule has 6 heteroatoms. The summed E-state index contributed by atoms with van der Waals surface area (Å²) in [4.78, 5) is 23.8. The second-order valence-electron chi connectivity index (χ2n) is 4.47. The molecule has 1 aromatic rings. The van der Waals surface area contributed by atoms with Crippen LogP contribution in [0.4, 0.5) is 11.4 Å². The number of nitrogens with zero attached hydrogens (tertiary/aromatic N) is 2. The van der Waals surface area contributed by atoms with E-state index in [9.17, 15) is 14.9 Å². The summed E-state index contributed by atoms with van der Waals surface area (Å²) in [5.74, 6) is -0.113. The summed E-state index contributed by atoms with van der Waals surface area (Å²) < 4.78 is 0. The Morgan fingerprint density at radius 1 is 1.50 bits per heavy atom. The molecule has 1 unspecified atom stereocenters. The van der Waals surface area contributed by atoms with Gasteiger partial charge in [0.15, 0.2) is 0 Å². The molecule has 1 atom stereocenters. The third-order valence-electron chi connectivity index (χ3n) is 3.16. The Hall–Kier alpha value is -1.95. The quantitative estimate of drug-likeness (QED) is 0.633. The molecule has 2 N–H and O–H groups in total. The number of benzene rings is 1. The zero-order valence-corrected chi connectivity index (χ0v) is 10.1. The van der Waals surface area contributed by atoms with E-state index in [1.165, 1.54) is 12.1 Å². The highest BCUT2D eigenvalue weighted by atomic mass is 16.6. The molecule has 1 heterocycles. The van der Waals surface area contributed by atoms with Gasteiger partial charge in [0.05, 0.1) is 11.0 Å². The SMILES string of the molecule is Cc1cc([N+](=O)[O-])ccc1N1CCCC(N)C1=O. The number of nitrogens with two attached hydrogens (primary N) is 1. The number of carbonyl (C=O) groups excluding carboxylic acids is 1. The van der Waals surface area contributed by atoms with Crippen LogP contribution in [0.1, 0.15) is 18.4 Å². The van der Waals surface area contributed by atoms with Crippen LogP contribution in [0.2, 0.25) is 0 Å². The van der Waals surface area contributed by atoms with Crippen LogP contribution in [-0.2, 0) is 4.79 Å². The largest absolute Gasteiger partial charge is 0.320 e. The van der Waals surface area contributed by atoms with E-state index in [0.717, 1.165) is 6.42 Å². The molecule has 2 rings (SSSR count). The van der Waals surface area contributed by atoms with E-state index in [1.54, 1.807) is 17.9 Å². The molecule has 18 heavy (non-hydrogen) atoms. The fourth-order valence-electron chi connectivity index (χ4n) is 2.20. The van der Waals surface area contributed by atoms with Gasteiger partial charge in [-0.3, -0.25) is 14.9 Å². The molecule has 1 aromatic carbocycles. The van der Waals surface area contributed by atoms with Gasteiger partial charge in [-0.15, -0.1) is 0 Å². The van der Waals surface area contributed by atoms with Crippen molar-refractivity contribution in [3.8, 4) is 0 Å². The molecule has 0 saturated carbocycles. The first-order chi connectivity index (χ1) is 8.50. The fraction of sp³-hybridized carbons (Fsp3) is 0.417. The number of amides is 1. The Morgan fingerprint density at radius 3 is 2.83 bits per heavy atom. The van der Waals surface area contributed by atoms with Crippen molar-refractivity contribution in [3.05, 3.63) is 33.9 Å². The lowest BCUT2D eigenvalue weighted by atomic mass is 10.0. The number of aryl methyl sites for hydroxylation is 1. The van der Waals surface area contributed by atoms with Gasteiger partial charge in [0.2, 0.25) is 5.91 Å². The van der Waals surface area contributed by atoms with E-state index < -0.39 is 11.0 Å². The maximum Gasteiger partial charge on any atom is 0.269 e. The molecule has 1 saturated heterocycles.